The molecule has 1 fully saturated rings. The van der Waals surface area contributed by atoms with Gasteiger partial charge >= 0.3 is 5.97 Å². The van der Waals surface area contributed by atoms with Crippen molar-refractivity contribution < 1.29 is 23.1 Å². The maximum Gasteiger partial charge on any atom is 0.304 e. The molecule has 218 valence electrons. The number of hydrogen-bond donors (Lipinski definition) is 2. The fourth-order valence-electron chi connectivity index (χ4n) is 5.73. The number of carbonyl (C=O) groups excluding carboxylic acids is 1. The first-order chi connectivity index (χ1) is 19.3. The number of carbonyl (C=O) groups is 2. The van der Waals surface area contributed by atoms with Crippen LogP contribution in [-0.4, -0.2) is 42.9 Å². The zero-order chi connectivity index (χ0) is 29.9. The highest BCUT2D eigenvalue weighted by Crippen LogP contribution is 2.52. The predicted octanol–water partition coefficient (Wildman–Crippen LogP) is 6.60. The van der Waals surface area contributed by atoms with Crippen molar-refractivity contribution in [3.63, 3.8) is 0 Å². The molecule has 7 nitrogen and oxygen atoms in total. The summed E-state index contributed by atoms with van der Waals surface area (Å²) in [5.41, 5.74) is 1.38. The van der Waals surface area contributed by atoms with Crippen molar-refractivity contribution in [2.45, 2.75) is 62.9 Å². The molecular formula is C31H34Cl2N2O5S. The number of likely N-dealkylation sites (tertiary alicyclic amines) is 1. The number of nitrogens with zero attached hydrogens (tertiary/aromatic N) is 1. The quantitative estimate of drug-likeness (QED) is 0.267. The van der Waals surface area contributed by atoms with Gasteiger partial charge in [-0.05, 0) is 67.3 Å². The van der Waals surface area contributed by atoms with E-state index in [4.69, 9.17) is 23.2 Å². The van der Waals surface area contributed by atoms with Gasteiger partial charge in [0.1, 0.15) is 0 Å². The smallest absolute Gasteiger partial charge is 0.304 e. The van der Waals surface area contributed by atoms with E-state index in [0.717, 1.165) is 16.7 Å². The molecule has 4 atom stereocenters. The van der Waals surface area contributed by atoms with E-state index in [0.29, 0.717) is 16.5 Å². The average Bonchev–Trinajstić information content (AvgIpc) is 2.91. The Morgan fingerprint density at radius 3 is 2.29 bits per heavy atom. The number of aryl methyl sites for hydroxylation is 1. The zero-order valence-electron chi connectivity index (χ0n) is 23.2. The van der Waals surface area contributed by atoms with Gasteiger partial charge in [0.15, 0.2) is 0 Å². The number of carboxylic acids is 1. The van der Waals surface area contributed by atoms with Gasteiger partial charge in [-0.3, -0.25) is 9.59 Å². The highest BCUT2D eigenvalue weighted by atomic mass is 35.5. The van der Waals surface area contributed by atoms with Crippen LogP contribution in [0.15, 0.2) is 77.7 Å². The van der Waals surface area contributed by atoms with E-state index >= 15 is 0 Å². The number of hydrogen-bond acceptors (Lipinski definition) is 4. The molecule has 4 rings (SSSR count). The lowest BCUT2D eigenvalue weighted by molar-refractivity contribution is -0.160. The van der Waals surface area contributed by atoms with Crippen molar-refractivity contribution in [1.82, 2.24) is 9.62 Å². The minimum atomic E-state index is -3.86. The van der Waals surface area contributed by atoms with Crippen LogP contribution in [0, 0.1) is 12.3 Å². The van der Waals surface area contributed by atoms with Crippen LogP contribution < -0.4 is 4.72 Å². The number of piperidine rings is 1. The molecule has 0 radical (unpaired) electrons. The van der Waals surface area contributed by atoms with E-state index in [1.807, 2.05) is 44.2 Å². The van der Waals surface area contributed by atoms with Crippen molar-refractivity contribution >= 4 is 45.1 Å². The Bertz CT molecular complexity index is 1510. The maximum absolute atomic E-state index is 14.3. The maximum atomic E-state index is 14.3. The number of rotatable bonds is 10. The van der Waals surface area contributed by atoms with E-state index in [1.54, 1.807) is 54.3 Å². The van der Waals surface area contributed by atoms with Crippen LogP contribution in [0.2, 0.25) is 10.0 Å². The van der Waals surface area contributed by atoms with Gasteiger partial charge in [0.05, 0.1) is 22.8 Å². The van der Waals surface area contributed by atoms with Gasteiger partial charge in [-0.25, -0.2) is 13.1 Å². The number of amides is 1. The van der Waals surface area contributed by atoms with Gasteiger partial charge in [-0.1, -0.05) is 79.0 Å². The predicted molar refractivity (Wildman–Crippen MR) is 161 cm³/mol. The Kier molecular flexibility index (Phi) is 9.49. The summed E-state index contributed by atoms with van der Waals surface area (Å²) in [5, 5.41) is 10.9. The summed E-state index contributed by atoms with van der Waals surface area (Å²) in [6.07, 6.45) is 0.337. The minimum Gasteiger partial charge on any atom is -0.481 e. The normalized spacial score (nSPS) is 22.0. The van der Waals surface area contributed by atoms with Gasteiger partial charge in [0, 0.05) is 28.5 Å². The van der Waals surface area contributed by atoms with E-state index < -0.39 is 33.5 Å². The van der Waals surface area contributed by atoms with E-state index in [9.17, 15) is 23.1 Å². The first kappa shape index (κ1) is 31.0. The monoisotopic (exact) mass is 616 g/mol. The second-order valence-corrected chi connectivity index (χ2v) is 13.6. The summed E-state index contributed by atoms with van der Waals surface area (Å²) < 4.78 is 29.1. The van der Waals surface area contributed by atoms with Gasteiger partial charge in [-0.2, -0.15) is 0 Å². The number of benzene rings is 3. The highest BCUT2D eigenvalue weighted by Gasteiger charge is 2.52. The summed E-state index contributed by atoms with van der Waals surface area (Å²) in [6, 6.07) is 20.0. The molecule has 0 spiro atoms. The van der Waals surface area contributed by atoms with Crippen molar-refractivity contribution in [1.29, 1.82) is 0 Å². The summed E-state index contributed by atoms with van der Waals surface area (Å²) in [5.74, 6) is -1.73. The molecular weight excluding hydrogens is 583 g/mol. The second kappa shape index (κ2) is 12.5. The standard InChI is InChI=1S/C31H34Cl2N2O5S/c1-4-25(19-34-41(39,40)26-14-8-20(2)9-15-26)35-29(21-10-12-23(32)13-11-21)27(22-6-5-7-24(33)16-22)17-31(3,30(35)38)18-28(36)37/h5-16,25,27,29,34H,4,17-19H2,1-3H3,(H,36,37)/t25-,27+,29+,31-/m0/s1. The Hall–Kier alpha value is -2.91. The van der Waals surface area contributed by atoms with E-state index in [1.165, 1.54) is 0 Å². The Morgan fingerprint density at radius 2 is 1.71 bits per heavy atom. The van der Waals surface area contributed by atoms with E-state index in [2.05, 4.69) is 4.72 Å². The molecule has 0 bridgehead atoms. The Morgan fingerprint density at radius 1 is 1.05 bits per heavy atom. The molecule has 41 heavy (non-hydrogen) atoms. The molecule has 0 aliphatic carbocycles. The Labute approximate surface area is 251 Å². The SMILES string of the molecule is CC[C@@H](CNS(=O)(=O)c1ccc(C)cc1)N1C(=O)[C@](C)(CC(=O)O)C[C@H](c2cccc(Cl)c2)[C@H]1c1ccc(Cl)cc1. The summed E-state index contributed by atoms with van der Waals surface area (Å²) >= 11 is 12.6. The fraction of sp³-hybridized carbons (Fsp3) is 0.355. The molecule has 1 aliphatic rings. The first-order valence-electron chi connectivity index (χ1n) is 13.5. The average molecular weight is 618 g/mol. The van der Waals surface area contributed by atoms with Gasteiger partial charge in [0.25, 0.3) is 0 Å². The van der Waals surface area contributed by atoms with Crippen LogP contribution in [0.3, 0.4) is 0 Å². The molecule has 1 saturated heterocycles. The number of halogens is 2. The summed E-state index contributed by atoms with van der Waals surface area (Å²) in [7, 11) is -3.86. The third-order valence-corrected chi connectivity index (χ3v) is 9.76. The highest BCUT2D eigenvalue weighted by molar-refractivity contribution is 7.89. The van der Waals surface area contributed by atoms with Crippen LogP contribution in [0.5, 0.6) is 0 Å². The lowest BCUT2D eigenvalue weighted by Gasteiger charge is -2.52. The molecule has 0 aromatic heterocycles. The fourth-order valence-corrected chi connectivity index (χ4v) is 7.12. The molecule has 2 N–H and O–H groups in total. The third-order valence-electron chi connectivity index (χ3n) is 7.84. The van der Waals surface area contributed by atoms with Gasteiger partial charge in [0.2, 0.25) is 15.9 Å². The van der Waals surface area contributed by atoms with Gasteiger partial charge in [-0.15, -0.1) is 0 Å². The third kappa shape index (κ3) is 6.95. The minimum absolute atomic E-state index is 0.0477. The van der Waals surface area contributed by atoms with Crippen molar-refractivity contribution in [2.75, 3.05) is 6.54 Å². The van der Waals surface area contributed by atoms with Crippen LogP contribution in [-0.2, 0) is 19.6 Å². The van der Waals surface area contributed by atoms with Crippen molar-refractivity contribution in [3.05, 3.63) is 99.5 Å². The van der Waals surface area contributed by atoms with Crippen molar-refractivity contribution in [2.24, 2.45) is 5.41 Å². The lowest BCUT2D eigenvalue weighted by atomic mass is 9.67. The number of aliphatic carboxylic acids is 1. The number of carboxylic acid groups (broad SMARTS) is 1. The Balaban J connectivity index is 1.81. The molecule has 10 heteroatoms. The number of sulfonamides is 1. The molecule has 1 heterocycles. The van der Waals surface area contributed by atoms with Crippen LogP contribution in [0.25, 0.3) is 0 Å². The second-order valence-electron chi connectivity index (χ2n) is 10.9. The van der Waals surface area contributed by atoms with Crippen LogP contribution in [0.4, 0.5) is 0 Å². The molecule has 3 aromatic rings. The van der Waals surface area contributed by atoms with Gasteiger partial charge < -0.3 is 10.0 Å². The summed E-state index contributed by atoms with van der Waals surface area (Å²) in [4.78, 5) is 28.2. The summed E-state index contributed by atoms with van der Waals surface area (Å²) in [6.45, 7) is 5.39. The molecule has 1 amide bonds. The van der Waals surface area contributed by atoms with Crippen LogP contribution in [0.1, 0.15) is 61.8 Å². The number of nitrogens with one attached hydrogen (secondary N) is 1. The van der Waals surface area contributed by atoms with Crippen molar-refractivity contribution in [3.8, 4) is 0 Å². The lowest BCUT2D eigenvalue weighted by Crippen LogP contribution is -2.58. The molecule has 0 saturated carbocycles. The molecule has 1 aliphatic heterocycles. The molecule has 3 aromatic carbocycles. The molecule has 0 unspecified atom stereocenters. The van der Waals surface area contributed by atoms with E-state index in [-0.39, 0.29) is 36.1 Å². The van der Waals surface area contributed by atoms with Crippen LogP contribution >= 0.6 is 23.2 Å². The first-order valence-corrected chi connectivity index (χ1v) is 15.7. The zero-order valence-corrected chi connectivity index (χ0v) is 25.5. The largest absolute Gasteiger partial charge is 0.481 e. The topological polar surface area (TPSA) is 104 Å².